The molecule has 2 rings (SSSR count). The third kappa shape index (κ3) is 1.67. The average molecular weight is 242 g/mol. The van der Waals surface area contributed by atoms with Gasteiger partial charge in [0.05, 0.1) is 12.1 Å². The van der Waals surface area contributed by atoms with Gasteiger partial charge >= 0.3 is 0 Å². The Morgan fingerprint density at radius 2 is 2.31 bits per heavy atom. The highest BCUT2D eigenvalue weighted by Crippen LogP contribution is 2.24. The molecule has 0 radical (unpaired) electrons. The largest absolute Gasteiger partial charge is 0.507 e. The predicted octanol–water partition coefficient (Wildman–Crippen LogP) is 1.93. The first kappa shape index (κ1) is 8.56. The van der Waals surface area contributed by atoms with E-state index in [4.69, 9.17) is 4.74 Å². The highest BCUT2D eigenvalue weighted by atomic mass is 79.9. The van der Waals surface area contributed by atoms with Crippen molar-refractivity contribution < 1.29 is 9.84 Å². The fourth-order valence-corrected chi connectivity index (χ4v) is 1.53. The lowest BCUT2D eigenvalue weighted by Gasteiger charge is -2.04. The van der Waals surface area contributed by atoms with Crippen molar-refractivity contribution in [3.8, 4) is 5.75 Å². The molecule has 1 aliphatic rings. The van der Waals surface area contributed by atoms with Gasteiger partial charge < -0.3 is 9.84 Å². The zero-order valence-corrected chi connectivity index (χ0v) is 8.41. The summed E-state index contributed by atoms with van der Waals surface area (Å²) in [5.41, 5.74) is 0.653. The topological polar surface area (TPSA) is 41.8 Å². The minimum atomic E-state index is 0.190. The third-order valence-electron chi connectivity index (χ3n) is 1.78. The Morgan fingerprint density at radius 1 is 1.46 bits per heavy atom. The number of hydrogen-bond acceptors (Lipinski definition) is 3. The molecule has 13 heavy (non-hydrogen) atoms. The minimum Gasteiger partial charge on any atom is -0.507 e. The molecule has 68 valence electrons. The summed E-state index contributed by atoms with van der Waals surface area (Å²) in [5.74, 6) is 0.722. The molecule has 1 N–H and O–H groups in total. The molecule has 0 saturated heterocycles. The van der Waals surface area contributed by atoms with E-state index in [-0.39, 0.29) is 5.75 Å². The van der Waals surface area contributed by atoms with Crippen LogP contribution in [-0.2, 0) is 4.74 Å². The first-order chi connectivity index (χ1) is 6.27. The zero-order valence-electron chi connectivity index (χ0n) is 6.83. The van der Waals surface area contributed by atoms with Gasteiger partial charge in [-0.25, -0.2) is 4.99 Å². The van der Waals surface area contributed by atoms with E-state index in [0.717, 1.165) is 4.47 Å². The van der Waals surface area contributed by atoms with Gasteiger partial charge in [0.15, 0.2) is 0 Å². The van der Waals surface area contributed by atoms with Gasteiger partial charge in [0.1, 0.15) is 12.4 Å². The Balaban J connectivity index is 2.40. The summed E-state index contributed by atoms with van der Waals surface area (Å²) in [6.07, 6.45) is 0. The molecule has 0 aliphatic carbocycles. The van der Waals surface area contributed by atoms with Crippen molar-refractivity contribution in [2.24, 2.45) is 4.99 Å². The van der Waals surface area contributed by atoms with Crippen LogP contribution in [0.1, 0.15) is 5.56 Å². The first-order valence-corrected chi connectivity index (χ1v) is 4.73. The smallest absolute Gasteiger partial charge is 0.220 e. The number of benzene rings is 1. The Kier molecular flexibility index (Phi) is 2.22. The van der Waals surface area contributed by atoms with Crippen LogP contribution < -0.4 is 0 Å². The number of ether oxygens (including phenoxy) is 1. The standard InChI is InChI=1S/C9H8BrNO2/c10-6-1-2-7(8(12)5-6)9-11-3-4-13-9/h1-2,5,12H,3-4H2. The van der Waals surface area contributed by atoms with Gasteiger partial charge in [0.25, 0.3) is 0 Å². The second-order valence-corrected chi connectivity index (χ2v) is 3.61. The molecular weight excluding hydrogens is 234 g/mol. The van der Waals surface area contributed by atoms with Crippen molar-refractivity contribution in [2.75, 3.05) is 13.2 Å². The maximum Gasteiger partial charge on any atom is 0.220 e. The number of phenolic OH excluding ortho intramolecular Hbond substituents is 1. The lowest BCUT2D eigenvalue weighted by Crippen LogP contribution is -2.00. The second-order valence-electron chi connectivity index (χ2n) is 2.70. The van der Waals surface area contributed by atoms with Gasteiger partial charge in [0, 0.05) is 4.47 Å². The third-order valence-corrected chi connectivity index (χ3v) is 2.27. The lowest BCUT2D eigenvalue weighted by molar-refractivity contribution is 0.346. The summed E-state index contributed by atoms with van der Waals surface area (Å²) in [5, 5.41) is 9.56. The number of halogens is 1. The number of hydrogen-bond donors (Lipinski definition) is 1. The fourth-order valence-electron chi connectivity index (χ4n) is 1.18. The van der Waals surface area contributed by atoms with Crippen LogP contribution in [-0.4, -0.2) is 24.2 Å². The average Bonchev–Trinajstić information content (AvgIpc) is 2.56. The van der Waals surface area contributed by atoms with Crippen LogP contribution in [0.25, 0.3) is 0 Å². The first-order valence-electron chi connectivity index (χ1n) is 3.93. The molecule has 0 fully saturated rings. The SMILES string of the molecule is Oc1cc(Br)ccc1C1=NCCO1. The van der Waals surface area contributed by atoms with Crippen LogP contribution in [0.4, 0.5) is 0 Å². The van der Waals surface area contributed by atoms with E-state index in [0.29, 0.717) is 24.6 Å². The molecule has 1 heterocycles. The molecule has 3 nitrogen and oxygen atoms in total. The van der Waals surface area contributed by atoms with Crippen molar-refractivity contribution in [2.45, 2.75) is 0 Å². The van der Waals surface area contributed by atoms with Crippen molar-refractivity contribution in [3.05, 3.63) is 28.2 Å². The minimum absolute atomic E-state index is 0.190. The number of phenols is 1. The van der Waals surface area contributed by atoms with Crippen molar-refractivity contribution in [1.82, 2.24) is 0 Å². The molecule has 0 amide bonds. The molecule has 4 heteroatoms. The Labute approximate surface area is 84.2 Å². The van der Waals surface area contributed by atoms with Crippen molar-refractivity contribution >= 4 is 21.8 Å². The van der Waals surface area contributed by atoms with Crippen LogP contribution in [0.3, 0.4) is 0 Å². The van der Waals surface area contributed by atoms with Crippen LogP contribution in [0.5, 0.6) is 5.75 Å². The molecular formula is C9H8BrNO2. The second kappa shape index (κ2) is 3.38. The van der Waals surface area contributed by atoms with E-state index >= 15 is 0 Å². The van der Waals surface area contributed by atoms with Gasteiger partial charge in [-0.1, -0.05) is 15.9 Å². The van der Waals surface area contributed by atoms with Crippen LogP contribution in [0, 0.1) is 0 Å². The molecule has 1 aromatic rings. The highest BCUT2D eigenvalue weighted by molar-refractivity contribution is 9.10. The number of rotatable bonds is 1. The molecule has 0 unspecified atom stereocenters. The number of nitrogens with zero attached hydrogens (tertiary/aromatic N) is 1. The molecule has 0 spiro atoms. The summed E-state index contributed by atoms with van der Waals surface area (Å²) in [7, 11) is 0. The highest BCUT2D eigenvalue weighted by Gasteiger charge is 2.13. The van der Waals surface area contributed by atoms with Crippen LogP contribution in [0.2, 0.25) is 0 Å². The van der Waals surface area contributed by atoms with Crippen molar-refractivity contribution in [1.29, 1.82) is 0 Å². The molecule has 0 atom stereocenters. The summed E-state index contributed by atoms with van der Waals surface area (Å²) in [4.78, 5) is 4.12. The maximum absolute atomic E-state index is 9.56. The molecule has 0 aromatic heterocycles. The Hall–Kier alpha value is -1.03. The van der Waals surface area contributed by atoms with E-state index < -0.39 is 0 Å². The normalized spacial score (nSPS) is 15.3. The van der Waals surface area contributed by atoms with Gasteiger partial charge in [0.2, 0.25) is 5.90 Å². The summed E-state index contributed by atoms with van der Waals surface area (Å²) in [6, 6.07) is 5.25. The van der Waals surface area contributed by atoms with Gasteiger partial charge in [-0.2, -0.15) is 0 Å². The van der Waals surface area contributed by atoms with Crippen LogP contribution in [0.15, 0.2) is 27.7 Å². The monoisotopic (exact) mass is 241 g/mol. The van der Waals surface area contributed by atoms with E-state index in [9.17, 15) is 5.11 Å². The summed E-state index contributed by atoms with van der Waals surface area (Å²) < 4.78 is 6.07. The summed E-state index contributed by atoms with van der Waals surface area (Å²) >= 11 is 3.26. The number of aliphatic imine (C=N–C) groups is 1. The molecule has 1 aliphatic heterocycles. The fraction of sp³-hybridized carbons (Fsp3) is 0.222. The van der Waals surface area contributed by atoms with Crippen LogP contribution >= 0.6 is 15.9 Å². The van der Waals surface area contributed by atoms with E-state index in [1.807, 2.05) is 6.07 Å². The predicted molar refractivity (Wildman–Crippen MR) is 53.2 cm³/mol. The maximum atomic E-state index is 9.56. The molecule has 0 saturated carbocycles. The Bertz CT molecular complexity index is 363. The molecule has 0 bridgehead atoms. The summed E-state index contributed by atoms with van der Waals surface area (Å²) in [6.45, 7) is 1.27. The zero-order chi connectivity index (χ0) is 9.26. The lowest BCUT2D eigenvalue weighted by atomic mass is 10.2. The van der Waals surface area contributed by atoms with Gasteiger partial charge in [-0.05, 0) is 18.2 Å². The number of aromatic hydroxyl groups is 1. The van der Waals surface area contributed by atoms with Crippen molar-refractivity contribution in [3.63, 3.8) is 0 Å². The van der Waals surface area contributed by atoms with E-state index in [1.54, 1.807) is 12.1 Å². The van der Waals surface area contributed by atoms with Gasteiger partial charge in [-0.3, -0.25) is 0 Å². The quantitative estimate of drug-likeness (QED) is 0.817. The van der Waals surface area contributed by atoms with Gasteiger partial charge in [-0.15, -0.1) is 0 Å². The molecule has 1 aromatic carbocycles. The Morgan fingerprint density at radius 3 is 2.92 bits per heavy atom. The van der Waals surface area contributed by atoms with E-state index in [1.165, 1.54) is 0 Å². The van der Waals surface area contributed by atoms with E-state index in [2.05, 4.69) is 20.9 Å².